The summed E-state index contributed by atoms with van der Waals surface area (Å²) < 4.78 is 41.4. The molecule has 0 saturated heterocycles. The minimum Gasteiger partial charge on any atom is -0.364 e. The number of nitrogens with two attached hydrogens (primary N) is 1. The molecule has 1 heterocycles. The molecule has 1 rings (SSSR count). The zero-order valence-corrected chi connectivity index (χ0v) is 9.99. The Labute approximate surface area is 102 Å². The SMILES string of the molecule is CC(OCc1sccc1C#CCN)C(F)(F)F. The summed E-state index contributed by atoms with van der Waals surface area (Å²) in [6.45, 7) is 1.11. The number of alkyl halides is 3. The minimum absolute atomic E-state index is 0.0903. The van der Waals surface area contributed by atoms with Crippen molar-refractivity contribution in [1.82, 2.24) is 0 Å². The maximum absolute atomic E-state index is 12.2. The molecule has 0 aromatic carbocycles. The molecule has 1 aromatic heterocycles. The van der Waals surface area contributed by atoms with E-state index in [1.54, 1.807) is 11.4 Å². The highest BCUT2D eigenvalue weighted by Crippen LogP contribution is 2.25. The van der Waals surface area contributed by atoms with Crippen LogP contribution in [0.4, 0.5) is 13.2 Å². The first-order valence-corrected chi connectivity index (χ1v) is 5.76. The molecule has 6 heteroatoms. The van der Waals surface area contributed by atoms with Gasteiger partial charge < -0.3 is 10.5 Å². The standard InChI is InChI=1S/C11H12F3NOS/c1-8(11(12,13)14)16-7-10-9(3-2-5-15)4-6-17-10/h4,6,8H,5,7,15H2,1H3. The molecule has 0 aliphatic rings. The third kappa shape index (κ3) is 4.38. The summed E-state index contributed by atoms with van der Waals surface area (Å²) in [4.78, 5) is 0.682. The molecule has 0 aliphatic carbocycles. The monoisotopic (exact) mass is 263 g/mol. The van der Waals surface area contributed by atoms with Crippen molar-refractivity contribution in [3.63, 3.8) is 0 Å². The Kier molecular flexibility index (Phi) is 5.00. The van der Waals surface area contributed by atoms with Gasteiger partial charge in [-0.05, 0) is 18.4 Å². The second kappa shape index (κ2) is 6.05. The predicted octanol–water partition coefficient (Wildman–Crippen LogP) is 2.53. The van der Waals surface area contributed by atoms with Crippen molar-refractivity contribution >= 4 is 11.3 Å². The number of thiophene rings is 1. The number of rotatable bonds is 3. The lowest BCUT2D eigenvalue weighted by atomic mass is 10.2. The molecule has 0 aliphatic heterocycles. The fourth-order valence-corrected chi connectivity index (χ4v) is 1.76. The molecule has 0 amide bonds. The third-order valence-electron chi connectivity index (χ3n) is 2.00. The van der Waals surface area contributed by atoms with E-state index in [0.29, 0.717) is 10.4 Å². The van der Waals surface area contributed by atoms with Crippen molar-refractivity contribution < 1.29 is 17.9 Å². The van der Waals surface area contributed by atoms with Crippen LogP contribution in [0, 0.1) is 11.8 Å². The van der Waals surface area contributed by atoms with E-state index in [9.17, 15) is 13.2 Å². The molecule has 0 saturated carbocycles. The van der Waals surface area contributed by atoms with Gasteiger partial charge in [0, 0.05) is 10.4 Å². The topological polar surface area (TPSA) is 35.2 Å². The maximum Gasteiger partial charge on any atom is 0.414 e. The van der Waals surface area contributed by atoms with E-state index in [2.05, 4.69) is 11.8 Å². The summed E-state index contributed by atoms with van der Waals surface area (Å²) in [6, 6.07) is 1.74. The molecular formula is C11H12F3NOS. The zero-order chi connectivity index (χ0) is 12.9. The van der Waals surface area contributed by atoms with Crippen LogP contribution >= 0.6 is 11.3 Å². The quantitative estimate of drug-likeness (QED) is 0.850. The van der Waals surface area contributed by atoms with Gasteiger partial charge in [-0.15, -0.1) is 11.3 Å². The predicted molar refractivity (Wildman–Crippen MR) is 60.6 cm³/mol. The summed E-state index contributed by atoms with van der Waals surface area (Å²) in [5.41, 5.74) is 5.90. The van der Waals surface area contributed by atoms with Crippen LogP contribution in [-0.4, -0.2) is 18.8 Å². The molecular weight excluding hydrogens is 251 g/mol. The highest BCUT2D eigenvalue weighted by molar-refractivity contribution is 7.10. The lowest BCUT2D eigenvalue weighted by Crippen LogP contribution is -2.28. The molecule has 0 fully saturated rings. The number of ether oxygens (including phenoxy) is 1. The van der Waals surface area contributed by atoms with E-state index in [0.717, 1.165) is 6.92 Å². The van der Waals surface area contributed by atoms with Gasteiger partial charge in [-0.25, -0.2) is 0 Å². The first-order chi connectivity index (χ1) is 7.95. The van der Waals surface area contributed by atoms with E-state index in [4.69, 9.17) is 10.5 Å². The Balaban J connectivity index is 2.61. The second-order valence-electron chi connectivity index (χ2n) is 3.26. The molecule has 0 spiro atoms. The van der Waals surface area contributed by atoms with Crippen LogP contribution in [0.25, 0.3) is 0 Å². The van der Waals surface area contributed by atoms with Gasteiger partial charge in [0.2, 0.25) is 0 Å². The van der Waals surface area contributed by atoms with Crippen molar-refractivity contribution in [2.24, 2.45) is 5.73 Å². The van der Waals surface area contributed by atoms with Crippen molar-refractivity contribution in [2.75, 3.05) is 6.54 Å². The highest BCUT2D eigenvalue weighted by Gasteiger charge is 2.36. The Morgan fingerprint density at radius 1 is 1.53 bits per heavy atom. The molecule has 1 atom stereocenters. The third-order valence-corrected chi connectivity index (χ3v) is 2.89. The first-order valence-electron chi connectivity index (χ1n) is 4.88. The van der Waals surface area contributed by atoms with Gasteiger partial charge in [0.15, 0.2) is 6.10 Å². The Bertz CT molecular complexity index is 416. The Hall–Kier alpha value is -1.03. The van der Waals surface area contributed by atoms with Gasteiger partial charge >= 0.3 is 6.18 Å². The summed E-state index contributed by atoms with van der Waals surface area (Å²) in [5.74, 6) is 5.45. The van der Waals surface area contributed by atoms with Crippen molar-refractivity contribution in [3.05, 3.63) is 21.9 Å². The lowest BCUT2D eigenvalue weighted by molar-refractivity contribution is -0.217. The largest absolute Gasteiger partial charge is 0.414 e. The van der Waals surface area contributed by atoms with E-state index < -0.39 is 12.3 Å². The van der Waals surface area contributed by atoms with Crippen LogP contribution < -0.4 is 5.73 Å². The average molecular weight is 263 g/mol. The van der Waals surface area contributed by atoms with Gasteiger partial charge in [0.25, 0.3) is 0 Å². The van der Waals surface area contributed by atoms with Gasteiger partial charge in [-0.2, -0.15) is 13.2 Å². The van der Waals surface area contributed by atoms with Gasteiger partial charge in [0.1, 0.15) is 0 Å². The number of hydrogen-bond donors (Lipinski definition) is 1. The Morgan fingerprint density at radius 3 is 2.82 bits per heavy atom. The van der Waals surface area contributed by atoms with Crippen LogP contribution in [0.2, 0.25) is 0 Å². The minimum atomic E-state index is -4.33. The number of halogens is 3. The van der Waals surface area contributed by atoms with Gasteiger partial charge in [-0.1, -0.05) is 11.8 Å². The van der Waals surface area contributed by atoms with E-state index >= 15 is 0 Å². The van der Waals surface area contributed by atoms with Gasteiger partial charge in [-0.3, -0.25) is 0 Å². The summed E-state index contributed by atoms with van der Waals surface area (Å²) in [6.07, 6.45) is -6.11. The molecule has 94 valence electrons. The smallest absolute Gasteiger partial charge is 0.364 e. The fourth-order valence-electron chi connectivity index (χ4n) is 1.01. The van der Waals surface area contributed by atoms with Crippen molar-refractivity contribution in [2.45, 2.75) is 25.8 Å². The fraction of sp³-hybridized carbons (Fsp3) is 0.455. The normalized spacial score (nSPS) is 13.0. The van der Waals surface area contributed by atoms with Crippen LogP contribution in [-0.2, 0) is 11.3 Å². The van der Waals surface area contributed by atoms with Crippen LogP contribution in [0.5, 0.6) is 0 Å². The highest BCUT2D eigenvalue weighted by atomic mass is 32.1. The van der Waals surface area contributed by atoms with Crippen molar-refractivity contribution in [3.8, 4) is 11.8 Å². The maximum atomic E-state index is 12.2. The molecule has 0 bridgehead atoms. The summed E-state index contributed by atoms with van der Waals surface area (Å²) in [5, 5.41) is 1.76. The molecule has 2 nitrogen and oxygen atoms in total. The summed E-state index contributed by atoms with van der Waals surface area (Å²) >= 11 is 1.32. The average Bonchev–Trinajstić information content (AvgIpc) is 2.69. The lowest BCUT2D eigenvalue weighted by Gasteiger charge is -2.15. The van der Waals surface area contributed by atoms with E-state index in [1.807, 2.05) is 0 Å². The van der Waals surface area contributed by atoms with Crippen LogP contribution in [0.15, 0.2) is 11.4 Å². The van der Waals surface area contributed by atoms with Crippen LogP contribution in [0.1, 0.15) is 17.4 Å². The summed E-state index contributed by atoms with van der Waals surface area (Å²) in [7, 11) is 0. The van der Waals surface area contributed by atoms with Crippen molar-refractivity contribution in [1.29, 1.82) is 0 Å². The van der Waals surface area contributed by atoms with E-state index in [1.165, 1.54) is 11.3 Å². The van der Waals surface area contributed by atoms with Gasteiger partial charge in [0.05, 0.1) is 13.2 Å². The second-order valence-corrected chi connectivity index (χ2v) is 4.26. The molecule has 2 N–H and O–H groups in total. The zero-order valence-electron chi connectivity index (χ0n) is 9.17. The molecule has 17 heavy (non-hydrogen) atoms. The molecule has 0 radical (unpaired) electrons. The Morgan fingerprint density at radius 2 is 2.24 bits per heavy atom. The van der Waals surface area contributed by atoms with Crippen LogP contribution in [0.3, 0.4) is 0 Å². The molecule has 1 aromatic rings. The number of hydrogen-bond acceptors (Lipinski definition) is 3. The molecule has 1 unspecified atom stereocenters. The first kappa shape index (κ1) is 14.0. The van der Waals surface area contributed by atoms with E-state index in [-0.39, 0.29) is 13.2 Å².